The van der Waals surface area contributed by atoms with Crippen LogP contribution in [0.15, 0.2) is 52.8 Å². The number of rotatable bonds is 4. The minimum absolute atomic E-state index is 0.0848. The molecule has 3 N–H and O–H groups in total. The van der Waals surface area contributed by atoms with Crippen molar-refractivity contribution in [2.24, 2.45) is 4.99 Å². The number of nitrogens with two attached hydrogens (primary N) is 1. The van der Waals surface area contributed by atoms with Crippen LogP contribution in [0.4, 0.5) is 19.1 Å². The van der Waals surface area contributed by atoms with Gasteiger partial charge in [-0.1, -0.05) is 24.3 Å². The maximum atomic E-state index is 13.0. The van der Waals surface area contributed by atoms with Gasteiger partial charge in [0.15, 0.2) is 6.17 Å². The lowest BCUT2D eigenvalue weighted by Gasteiger charge is -2.23. The van der Waals surface area contributed by atoms with E-state index < -0.39 is 23.4 Å². The molecule has 0 fully saturated rings. The van der Waals surface area contributed by atoms with Crippen LogP contribution >= 0.6 is 11.8 Å². The van der Waals surface area contributed by atoms with Crippen LogP contribution in [0.25, 0.3) is 11.1 Å². The smallest absolute Gasteiger partial charge is 0.368 e. The molecule has 2 atom stereocenters. The van der Waals surface area contributed by atoms with Crippen molar-refractivity contribution in [1.29, 1.82) is 0 Å². The number of carbonyl (C=O) groups is 1. The topological polar surface area (TPSA) is 96.5 Å². The third-order valence-electron chi connectivity index (χ3n) is 4.42. The van der Waals surface area contributed by atoms with E-state index in [1.165, 1.54) is 0 Å². The van der Waals surface area contributed by atoms with Crippen molar-refractivity contribution in [3.8, 4) is 11.1 Å². The number of nitrogen functional groups attached to an aromatic ring is 1. The van der Waals surface area contributed by atoms with Gasteiger partial charge in [-0.3, -0.25) is 4.79 Å². The second-order valence-corrected chi connectivity index (χ2v) is 7.41. The Morgan fingerprint density at radius 2 is 1.86 bits per heavy atom. The Balaban J connectivity index is 1.35. The minimum Gasteiger partial charge on any atom is -0.368 e. The highest BCUT2D eigenvalue weighted by Gasteiger charge is 2.47. The number of nitrogens with one attached hydrogen (secondary N) is 1. The quantitative estimate of drug-likeness (QED) is 0.789. The van der Waals surface area contributed by atoms with Gasteiger partial charge in [-0.15, -0.1) is 11.8 Å². The molecule has 0 aliphatic carbocycles. The number of anilines is 1. The summed E-state index contributed by atoms with van der Waals surface area (Å²) in [6.45, 7) is 0. The van der Waals surface area contributed by atoms with E-state index in [1.54, 1.807) is 24.5 Å². The van der Waals surface area contributed by atoms with Crippen molar-refractivity contribution in [3.63, 3.8) is 0 Å². The van der Waals surface area contributed by atoms with E-state index in [4.69, 9.17) is 5.73 Å². The van der Waals surface area contributed by atoms with Gasteiger partial charge in [0.1, 0.15) is 11.1 Å². The van der Waals surface area contributed by atoms with Crippen molar-refractivity contribution in [2.75, 3.05) is 5.73 Å². The number of halogens is 3. The standard InChI is InChI=1S/C18H15F3N6OS/c19-18(20,21)13-8-29-16-15(25-9-27(13)16)26-14(28)5-10-1-3-11(4-2-10)12-6-23-17(22)24-7-12/h1-4,6-9,15-16H,5H2,(H,26,28)(H2,22,23,24). The molecule has 1 aromatic heterocycles. The SMILES string of the molecule is Nc1ncc(-c2ccc(CC(=O)NC3N=CN4C(C(F)(F)F)=CSC34)cc2)cn1. The van der Waals surface area contributed by atoms with Gasteiger partial charge < -0.3 is 16.0 Å². The molecular weight excluding hydrogens is 405 g/mol. The zero-order valence-electron chi connectivity index (χ0n) is 14.8. The molecule has 2 unspecified atom stereocenters. The molecule has 29 heavy (non-hydrogen) atoms. The Morgan fingerprint density at radius 3 is 2.52 bits per heavy atom. The average molecular weight is 420 g/mol. The van der Waals surface area contributed by atoms with Crippen molar-refractivity contribution in [3.05, 3.63) is 53.3 Å². The number of thioether (sulfide) groups is 1. The molecule has 0 radical (unpaired) electrons. The first-order valence-corrected chi connectivity index (χ1v) is 9.46. The van der Waals surface area contributed by atoms with E-state index in [1.807, 2.05) is 12.1 Å². The van der Waals surface area contributed by atoms with Crippen LogP contribution in [0, 0.1) is 0 Å². The second-order valence-electron chi connectivity index (χ2n) is 6.42. The molecule has 150 valence electrons. The number of aliphatic imine (C=N–C) groups is 1. The maximum absolute atomic E-state index is 13.0. The van der Waals surface area contributed by atoms with Gasteiger partial charge >= 0.3 is 6.18 Å². The van der Waals surface area contributed by atoms with Gasteiger partial charge in [0.05, 0.1) is 12.8 Å². The summed E-state index contributed by atoms with van der Waals surface area (Å²) in [7, 11) is 0. The number of benzene rings is 1. The lowest BCUT2D eigenvalue weighted by Crippen LogP contribution is -2.43. The first kappa shape index (κ1) is 19.2. The Hall–Kier alpha value is -3.08. The number of amides is 1. The molecule has 4 rings (SSSR count). The van der Waals surface area contributed by atoms with Crippen LogP contribution in [-0.2, 0) is 11.2 Å². The van der Waals surface area contributed by atoms with Gasteiger partial charge in [-0.25, -0.2) is 15.0 Å². The van der Waals surface area contributed by atoms with E-state index in [2.05, 4.69) is 20.3 Å². The third kappa shape index (κ3) is 4.04. The molecule has 0 saturated heterocycles. The van der Waals surface area contributed by atoms with Gasteiger partial charge in [-0.2, -0.15) is 13.2 Å². The van der Waals surface area contributed by atoms with E-state index in [9.17, 15) is 18.0 Å². The van der Waals surface area contributed by atoms with Gasteiger partial charge in [0, 0.05) is 23.4 Å². The first-order valence-electron chi connectivity index (χ1n) is 8.52. The van der Waals surface area contributed by atoms with Crippen LogP contribution in [-0.4, -0.2) is 44.8 Å². The molecule has 1 amide bonds. The van der Waals surface area contributed by atoms with Crippen LogP contribution < -0.4 is 11.1 Å². The summed E-state index contributed by atoms with van der Waals surface area (Å²) in [5.74, 6) is -0.133. The minimum atomic E-state index is -4.45. The normalized spacial score (nSPS) is 20.5. The number of aromatic nitrogens is 2. The molecule has 11 heteroatoms. The number of carbonyl (C=O) groups excluding carboxylic acids is 1. The summed E-state index contributed by atoms with van der Waals surface area (Å²) >= 11 is 0.988. The molecule has 0 spiro atoms. The fourth-order valence-corrected chi connectivity index (χ4v) is 4.10. The van der Waals surface area contributed by atoms with Crippen molar-refractivity contribution in [1.82, 2.24) is 20.2 Å². The van der Waals surface area contributed by atoms with Crippen molar-refractivity contribution in [2.45, 2.75) is 24.1 Å². The van der Waals surface area contributed by atoms with Gasteiger partial charge in [0.2, 0.25) is 11.9 Å². The Labute approximate surface area is 167 Å². The second kappa shape index (κ2) is 7.39. The molecule has 7 nitrogen and oxygen atoms in total. The van der Waals surface area contributed by atoms with Crippen LogP contribution in [0.5, 0.6) is 0 Å². The fraction of sp³-hybridized carbons (Fsp3) is 0.222. The van der Waals surface area contributed by atoms with Gasteiger partial charge in [-0.05, 0) is 11.1 Å². The highest BCUT2D eigenvalue weighted by molar-refractivity contribution is 8.03. The Bertz CT molecular complexity index is 975. The lowest BCUT2D eigenvalue weighted by molar-refractivity contribution is -0.121. The van der Waals surface area contributed by atoms with Crippen LogP contribution in [0.3, 0.4) is 0 Å². The van der Waals surface area contributed by atoms with E-state index in [0.29, 0.717) is 0 Å². The molecular formula is C18H15F3N6OS. The zero-order valence-corrected chi connectivity index (χ0v) is 15.6. The largest absolute Gasteiger partial charge is 0.432 e. The summed E-state index contributed by atoms with van der Waals surface area (Å²) in [5, 5.41) is 3.12. The van der Waals surface area contributed by atoms with Crippen LogP contribution in [0.2, 0.25) is 0 Å². The molecule has 1 aromatic carbocycles. The Morgan fingerprint density at radius 1 is 1.17 bits per heavy atom. The Kier molecular flexibility index (Phi) is 4.91. The summed E-state index contributed by atoms with van der Waals surface area (Å²) in [5.41, 5.74) is 7.13. The molecule has 2 aliphatic heterocycles. The van der Waals surface area contributed by atoms with Crippen molar-refractivity contribution < 1.29 is 18.0 Å². The average Bonchev–Trinajstić information content (AvgIpc) is 3.26. The van der Waals surface area contributed by atoms with E-state index >= 15 is 0 Å². The molecule has 0 bridgehead atoms. The number of fused-ring (bicyclic) bond motifs is 1. The predicted octanol–water partition coefficient (Wildman–Crippen LogP) is 2.53. The number of hydrogen-bond donors (Lipinski definition) is 2. The highest BCUT2D eigenvalue weighted by Crippen LogP contribution is 2.42. The van der Waals surface area contributed by atoms with E-state index in [0.717, 1.165) is 45.1 Å². The molecule has 3 heterocycles. The summed E-state index contributed by atoms with van der Waals surface area (Å²) in [6, 6.07) is 7.25. The number of alkyl halides is 3. The van der Waals surface area contributed by atoms with Crippen LogP contribution in [0.1, 0.15) is 5.56 Å². The van der Waals surface area contributed by atoms with Gasteiger partial charge in [0.25, 0.3) is 0 Å². The van der Waals surface area contributed by atoms with Crippen molar-refractivity contribution >= 4 is 30.0 Å². The maximum Gasteiger partial charge on any atom is 0.432 e. The number of nitrogens with zero attached hydrogens (tertiary/aromatic N) is 4. The highest BCUT2D eigenvalue weighted by atomic mass is 32.2. The molecule has 2 aliphatic rings. The van der Waals surface area contributed by atoms with E-state index in [-0.39, 0.29) is 18.3 Å². The predicted molar refractivity (Wildman–Crippen MR) is 103 cm³/mol. The number of allylic oxidation sites excluding steroid dienone is 1. The summed E-state index contributed by atoms with van der Waals surface area (Å²) < 4.78 is 38.9. The summed E-state index contributed by atoms with van der Waals surface area (Å²) in [4.78, 5) is 25.3. The molecule has 0 saturated carbocycles. The third-order valence-corrected chi connectivity index (χ3v) is 5.54. The monoisotopic (exact) mass is 420 g/mol. The zero-order chi connectivity index (χ0) is 20.6. The fourth-order valence-electron chi connectivity index (χ4n) is 2.99. The number of hydrogen-bond acceptors (Lipinski definition) is 7. The molecule has 2 aromatic rings. The first-order chi connectivity index (χ1) is 13.8. The summed E-state index contributed by atoms with van der Waals surface area (Å²) in [6.07, 6.45) is -0.772. The lowest BCUT2D eigenvalue weighted by atomic mass is 10.1.